The monoisotopic (exact) mass is 404 g/mol. The summed E-state index contributed by atoms with van der Waals surface area (Å²) in [5, 5.41) is 23.4. The summed E-state index contributed by atoms with van der Waals surface area (Å²) in [4.78, 5) is 24.0. The van der Waals surface area contributed by atoms with Gasteiger partial charge in [-0.3, -0.25) is 10.1 Å². The topological polar surface area (TPSA) is 125 Å². The van der Waals surface area contributed by atoms with Crippen molar-refractivity contribution in [3.63, 3.8) is 0 Å². The summed E-state index contributed by atoms with van der Waals surface area (Å²) in [7, 11) is 0. The van der Waals surface area contributed by atoms with Crippen LogP contribution in [-0.2, 0) is 0 Å². The molecule has 0 saturated carbocycles. The van der Waals surface area contributed by atoms with Gasteiger partial charge in [0, 0.05) is 0 Å². The first-order valence-electron chi connectivity index (χ1n) is 8.54. The number of hydrogen-bond acceptors (Lipinski definition) is 9. The van der Waals surface area contributed by atoms with Crippen molar-refractivity contribution in [2.75, 3.05) is 5.32 Å². The summed E-state index contributed by atoms with van der Waals surface area (Å²) in [6.45, 7) is 2.00. The van der Waals surface area contributed by atoms with Gasteiger partial charge < -0.3 is 5.32 Å². The molecule has 3 aromatic heterocycles. The van der Waals surface area contributed by atoms with E-state index in [1.165, 1.54) is 22.3 Å². The van der Waals surface area contributed by atoms with Gasteiger partial charge in [0.15, 0.2) is 5.13 Å². The number of benzene rings is 2. The number of nitrogens with zero attached hydrogens (tertiary/aromatic N) is 7. The smallest absolute Gasteiger partial charge is 0.310 e. The number of nitro groups is 1. The summed E-state index contributed by atoms with van der Waals surface area (Å²) < 4.78 is 2.31. The van der Waals surface area contributed by atoms with Gasteiger partial charge in [-0.25, -0.2) is 15.0 Å². The van der Waals surface area contributed by atoms with E-state index in [1.54, 1.807) is 18.2 Å². The lowest BCUT2D eigenvalue weighted by Crippen LogP contribution is -2.08. The van der Waals surface area contributed by atoms with E-state index in [0.717, 1.165) is 15.8 Å². The summed E-state index contributed by atoms with van der Waals surface area (Å²) in [6, 6.07) is 13.0. The van der Waals surface area contributed by atoms with Crippen molar-refractivity contribution in [3.8, 4) is 5.82 Å². The predicted molar refractivity (Wildman–Crippen MR) is 109 cm³/mol. The molecule has 142 valence electrons. The highest BCUT2D eigenvalue weighted by atomic mass is 32.1. The summed E-state index contributed by atoms with van der Waals surface area (Å²) in [5.74, 6) is 0.0634. The van der Waals surface area contributed by atoms with Gasteiger partial charge in [-0.15, -0.1) is 5.10 Å². The number of hydrogen-bond donors (Lipinski definition) is 1. The largest absolute Gasteiger partial charge is 0.356 e. The predicted octanol–water partition coefficient (Wildman–Crippen LogP) is 3.78. The third-order valence-corrected chi connectivity index (χ3v) is 5.24. The summed E-state index contributed by atoms with van der Waals surface area (Å²) >= 11 is 1.39. The minimum atomic E-state index is -0.536. The van der Waals surface area contributed by atoms with Crippen LogP contribution in [0, 0.1) is 17.0 Å². The van der Waals surface area contributed by atoms with Crippen LogP contribution in [0.4, 0.5) is 16.6 Å². The number of fused-ring (bicyclic) bond motifs is 2. The molecule has 0 saturated heterocycles. The molecule has 2 aromatic carbocycles. The fourth-order valence-electron chi connectivity index (χ4n) is 3.00. The normalized spacial score (nSPS) is 11.2. The van der Waals surface area contributed by atoms with Crippen LogP contribution in [0.25, 0.3) is 27.1 Å². The van der Waals surface area contributed by atoms with Gasteiger partial charge in [-0.1, -0.05) is 34.7 Å². The number of para-hydroxylation sites is 1. The van der Waals surface area contributed by atoms with Crippen LogP contribution in [0.3, 0.4) is 0 Å². The average molecular weight is 404 g/mol. The molecule has 3 heterocycles. The van der Waals surface area contributed by atoms with Gasteiger partial charge in [-0.2, -0.15) is 4.68 Å². The molecule has 0 bridgehead atoms. The van der Waals surface area contributed by atoms with Gasteiger partial charge in [-0.05, 0) is 36.8 Å². The number of nitrogens with one attached hydrogen (secondary N) is 1. The molecule has 0 aliphatic heterocycles. The van der Waals surface area contributed by atoms with Crippen molar-refractivity contribution < 1.29 is 4.92 Å². The maximum Gasteiger partial charge on any atom is 0.356 e. The van der Waals surface area contributed by atoms with E-state index < -0.39 is 4.92 Å². The zero-order valence-corrected chi connectivity index (χ0v) is 15.8. The first-order valence-corrected chi connectivity index (χ1v) is 9.36. The van der Waals surface area contributed by atoms with Crippen molar-refractivity contribution >= 4 is 49.2 Å². The zero-order chi connectivity index (χ0) is 20.0. The van der Waals surface area contributed by atoms with Crippen LogP contribution in [0.1, 0.15) is 5.56 Å². The lowest BCUT2D eigenvalue weighted by molar-refractivity contribution is -0.384. The molecule has 0 fully saturated rings. The van der Waals surface area contributed by atoms with E-state index in [-0.39, 0.29) is 17.3 Å². The molecular formula is C18H12N8O2S. The Labute approximate surface area is 167 Å². The molecular weight excluding hydrogens is 392 g/mol. The number of rotatable bonds is 4. The highest BCUT2D eigenvalue weighted by Crippen LogP contribution is 2.34. The Morgan fingerprint density at radius 3 is 2.86 bits per heavy atom. The molecule has 11 heteroatoms. The van der Waals surface area contributed by atoms with Crippen LogP contribution >= 0.6 is 11.3 Å². The van der Waals surface area contributed by atoms with E-state index in [9.17, 15) is 10.1 Å². The van der Waals surface area contributed by atoms with Crippen LogP contribution in [0.2, 0.25) is 0 Å². The van der Waals surface area contributed by atoms with E-state index in [1.807, 2.05) is 31.2 Å². The molecule has 1 N–H and O–H groups in total. The Bertz CT molecular complexity index is 1390. The van der Waals surface area contributed by atoms with Gasteiger partial charge in [0.25, 0.3) is 0 Å². The quantitative estimate of drug-likeness (QED) is 0.354. The third kappa shape index (κ3) is 2.93. The average Bonchev–Trinajstić information content (AvgIpc) is 3.30. The fourth-order valence-corrected chi connectivity index (χ4v) is 3.96. The van der Waals surface area contributed by atoms with Gasteiger partial charge in [0.1, 0.15) is 11.8 Å². The second-order valence-corrected chi connectivity index (χ2v) is 7.29. The molecule has 0 aliphatic carbocycles. The minimum absolute atomic E-state index is 0.0261. The first kappa shape index (κ1) is 17.1. The molecule has 0 spiro atoms. The second kappa shape index (κ2) is 6.56. The molecule has 10 nitrogen and oxygen atoms in total. The van der Waals surface area contributed by atoms with Crippen molar-refractivity contribution in [2.45, 2.75) is 6.92 Å². The van der Waals surface area contributed by atoms with Crippen molar-refractivity contribution in [1.82, 2.24) is 29.9 Å². The summed E-state index contributed by atoms with van der Waals surface area (Å²) in [5.41, 5.74) is 2.83. The van der Waals surface area contributed by atoms with E-state index in [2.05, 4.69) is 30.6 Å². The highest BCUT2D eigenvalue weighted by molar-refractivity contribution is 7.22. The van der Waals surface area contributed by atoms with Gasteiger partial charge in [0.05, 0.1) is 20.7 Å². The molecule has 0 amide bonds. The molecule has 0 aliphatic rings. The van der Waals surface area contributed by atoms with Crippen molar-refractivity contribution in [1.29, 1.82) is 0 Å². The van der Waals surface area contributed by atoms with Crippen molar-refractivity contribution in [3.05, 3.63) is 64.5 Å². The molecule has 5 aromatic rings. The van der Waals surface area contributed by atoms with E-state index in [0.29, 0.717) is 16.2 Å². The zero-order valence-electron chi connectivity index (χ0n) is 15.0. The van der Waals surface area contributed by atoms with Gasteiger partial charge in [0.2, 0.25) is 11.6 Å². The fraction of sp³-hybridized carbons (Fsp3) is 0.0556. The lowest BCUT2D eigenvalue weighted by Gasteiger charge is -2.06. The third-order valence-electron chi connectivity index (χ3n) is 4.31. The molecule has 29 heavy (non-hydrogen) atoms. The lowest BCUT2D eigenvalue weighted by atomic mass is 10.2. The van der Waals surface area contributed by atoms with Crippen LogP contribution in [0.15, 0.2) is 48.8 Å². The van der Waals surface area contributed by atoms with Crippen LogP contribution < -0.4 is 5.32 Å². The Hall–Kier alpha value is -3.99. The number of aromatic nitrogens is 6. The minimum Gasteiger partial charge on any atom is -0.310 e. The Morgan fingerprint density at radius 1 is 1.14 bits per heavy atom. The molecule has 5 rings (SSSR count). The Kier molecular flexibility index (Phi) is 3.88. The Morgan fingerprint density at radius 2 is 2.00 bits per heavy atom. The van der Waals surface area contributed by atoms with Gasteiger partial charge >= 0.3 is 5.69 Å². The molecule has 0 unspecified atom stereocenters. The number of anilines is 2. The molecule has 0 atom stereocenters. The maximum atomic E-state index is 11.9. The van der Waals surface area contributed by atoms with Crippen LogP contribution in [-0.4, -0.2) is 34.9 Å². The maximum absolute atomic E-state index is 11.9. The summed E-state index contributed by atoms with van der Waals surface area (Å²) in [6.07, 6.45) is 1.25. The van der Waals surface area contributed by atoms with Crippen LogP contribution in [0.5, 0.6) is 0 Å². The number of thiazole rings is 1. The molecule has 0 radical (unpaired) electrons. The second-order valence-electron chi connectivity index (χ2n) is 6.26. The van der Waals surface area contributed by atoms with Crippen molar-refractivity contribution in [2.24, 2.45) is 0 Å². The highest BCUT2D eigenvalue weighted by Gasteiger charge is 2.27. The SMILES string of the molecule is Cc1ccc2nc(Nc3ncnc(-n4nnc5ccccc54)c3[N+](=O)[O-])sc2c1. The Balaban J connectivity index is 1.63. The first-order chi connectivity index (χ1) is 14.1. The van der Waals surface area contributed by atoms with E-state index >= 15 is 0 Å². The number of aryl methyl sites for hydroxylation is 1. The standard InChI is InChI=1S/C18H12N8O2S/c1-10-6-7-12-14(8-10)29-18(21-12)22-16-15(26(27)28)17(20-9-19-16)25-13-5-3-2-4-11(13)23-24-25/h2-9H,1H3,(H,19,20,21,22). The van der Waals surface area contributed by atoms with E-state index in [4.69, 9.17) is 0 Å².